The molecule has 1 heterocycles. The topological polar surface area (TPSA) is 34.6 Å². The number of halogens is 3. The van der Waals surface area contributed by atoms with Crippen molar-refractivity contribution in [2.24, 2.45) is 0 Å². The molecule has 0 saturated heterocycles. The highest BCUT2D eigenvalue weighted by molar-refractivity contribution is 5.42. The van der Waals surface area contributed by atoms with E-state index in [1.807, 2.05) is 48.2 Å². The number of hydrogen-bond donors (Lipinski definition) is 0. The minimum Gasteiger partial charge on any atom is -0.497 e. The first-order valence-electron chi connectivity index (χ1n) is 9.47. The molecule has 0 aliphatic heterocycles. The molecule has 4 nitrogen and oxygen atoms in total. The van der Waals surface area contributed by atoms with Crippen molar-refractivity contribution in [1.82, 2.24) is 4.98 Å². The molecule has 0 spiro atoms. The molecule has 0 fully saturated rings. The second-order valence-electron chi connectivity index (χ2n) is 6.91. The maximum Gasteiger partial charge on any atom is 0.573 e. The van der Waals surface area contributed by atoms with E-state index in [9.17, 15) is 13.2 Å². The average Bonchev–Trinajstić information content (AvgIpc) is 2.71. The lowest BCUT2D eigenvalue weighted by atomic mass is 10.1. The summed E-state index contributed by atoms with van der Waals surface area (Å²) in [5.74, 6) is 1.32. The molecule has 0 atom stereocenters. The van der Waals surface area contributed by atoms with Gasteiger partial charge in [0.15, 0.2) is 0 Å². The Hall–Kier alpha value is -3.22. The number of anilines is 1. The van der Waals surface area contributed by atoms with Crippen LogP contribution < -0.4 is 14.4 Å². The zero-order valence-electron chi connectivity index (χ0n) is 16.8. The van der Waals surface area contributed by atoms with Crippen LogP contribution in [0.1, 0.15) is 16.7 Å². The Labute approximate surface area is 173 Å². The standard InChI is InChI=1S/C23H23F3N2O2/c1-17-6-11-22(27-15-17)28(13-12-18-7-9-20(29-2)10-8-18)16-19-4-3-5-21(14-19)30-23(24,25)26/h3-11,14-15H,12-13,16H2,1-2H3. The van der Waals surface area contributed by atoms with Crippen LogP contribution >= 0.6 is 0 Å². The Kier molecular flexibility index (Phi) is 6.82. The Morgan fingerprint density at radius 3 is 2.33 bits per heavy atom. The van der Waals surface area contributed by atoms with Crippen LogP contribution in [0.15, 0.2) is 66.9 Å². The second kappa shape index (κ2) is 9.52. The number of aryl methyl sites for hydroxylation is 1. The van der Waals surface area contributed by atoms with Gasteiger partial charge in [0, 0.05) is 19.3 Å². The lowest BCUT2D eigenvalue weighted by molar-refractivity contribution is -0.274. The Morgan fingerprint density at radius 2 is 1.70 bits per heavy atom. The van der Waals surface area contributed by atoms with Crippen molar-refractivity contribution < 1.29 is 22.6 Å². The van der Waals surface area contributed by atoms with E-state index in [1.165, 1.54) is 12.1 Å². The molecule has 2 aromatic carbocycles. The van der Waals surface area contributed by atoms with E-state index in [1.54, 1.807) is 25.4 Å². The van der Waals surface area contributed by atoms with Crippen LogP contribution in [0.2, 0.25) is 0 Å². The van der Waals surface area contributed by atoms with Gasteiger partial charge < -0.3 is 14.4 Å². The fraction of sp³-hybridized carbons (Fsp3) is 0.261. The van der Waals surface area contributed by atoms with Gasteiger partial charge in [-0.2, -0.15) is 0 Å². The summed E-state index contributed by atoms with van der Waals surface area (Å²) >= 11 is 0. The molecule has 0 aliphatic rings. The normalized spacial score (nSPS) is 11.2. The van der Waals surface area contributed by atoms with E-state index in [2.05, 4.69) is 9.72 Å². The number of methoxy groups -OCH3 is 1. The third-order valence-electron chi connectivity index (χ3n) is 4.55. The Balaban J connectivity index is 1.77. The van der Waals surface area contributed by atoms with Gasteiger partial charge in [-0.1, -0.05) is 30.3 Å². The summed E-state index contributed by atoms with van der Waals surface area (Å²) in [5.41, 5.74) is 2.87. The van der Waals surface area contributed by atoms with Crippen molar-refractivity contribution >= 4 is 5.82 Å². The van der Waals surface area contributed by atoms with Crippen molar-refractivity contribution in [2.45, 2.75) is 26.3 Å². The summed E-state index contributed by atoms with van der Waals surface area (Å²) in [7, 11) is 1.62. The average molecular weight is 416 g/mol. The summed E-state index contributed by atoms with van der Waals surface area (Å²) in [6.45, 7) is 3.00. The van der Waals surface area contributed by atoms with Gasteiger partial charge >= 0.3 is 6.36 Å². The van der Waals surface area contributed by atoms with Crippen LogP contribution in [0.5, 0.6) is 11.5 Å². The van der Waals surface area contributed by atoms with Gasteiger partial charge in [0.25, 0.3) is 0 Å². The number of hydrogen-bond acceptors (Lipinski definition) is 4. The third-order valence-corrected chi connectivity index (χ3v) is 4.55. The molecule has 0 unspecified atom stereocenters. The summed E-state index contributed by atoms with van der Waals surface area (Å²) < 4.78 is 46.9. The van der Waals surface area contributed by atoms with E-state index < -0.39 is 6.36 Å². The van der Waals surface area contributed by atoms with Crippen molar-refractivity contribution in [3.05, 3.63) is 83.6 Å². The predicted molar refractivity (Wildman–Crippen MR) is 110 cm³/mol. The lowest BCUT2D eigenvalue weighted by Crippen LogP contribution is -2.26. The van der Waals surface area contributed by atoms with E-state index in [0.29, 0.717) is 18.7 Å². The van der Waals surface area contributed by atoms with Crippen LogP contribution in [0, 0.1) is 6.92 Å². The maximum absolute atomic E-state index is 12.5. The molecule has 3 rings (SSSR count). The zero-order valence-corrected chi connectivity index (χ0v) is 16.8. The molecule has 3 aromatic rings. The predicted octanol–water partition coefficient (Wildman–Crippen LogP) is 5.55. The van der Waals surface area contributed by atoms with Gasteiger partial charge in [-0.25, -0.2) is 4.98 Å². The molecule has 0 N–H and O–H groups in total. The largest absolute Gasteiger partial charge is 0.573 e. The molecular weight excluding hydrogens is 393 g/mol. The van der Waals surface area contributed by atoms with E-state index in [-0.39, 0.29) is 5.75 Å². The monoisotopic (exact) mass is 416 g/mol. The number of pyridine rings is 1. The van der Waals surface area contributed by atoms with Crippen LogP contribution in [0.25, 0.3) is 0 Å². The first kappa shape index (κ1) is 21.5. The first-order valence-corrected chi connectivity index (χ1v) is 9.47. The van der Waals surface area contributed by atoms with Crippen molar-refractivity contribution in [1.29, 1.82) is 0 Å². The molecule has 30 heavy (non-hydrogen) atoms. The summed E-state index contributed by atoms with van der Waals surface area (Å²) in [6, 6.07) is 17.7. The highest BCUT2D eigenvalue weighted by Gasteiger charge is 2.31. The quantitative estimate of drug-likeness (QED) is 0.483. The fourth-order valence-corrected chi connectivity index (χ4v) is 3.04. The SMILES string of the molecule is COc1ccc(CCN(Cc2cccc(OC(F)(F)F)c2)c2ccc(C)cn2)cc1. The molecule has 7 heteroatoms. The highest BCUT2D eigenvalue weighted by atomic mass is 19.4. The van der Waals surface area contributed by atoms with Crippen LogP contribution in [0.4, 0.5) is 19.0 Å². The molecular formula is C23H23F3N2O2. The van der Waals surface area contributed by atoms with Crippen LogP contribution in [0.3, 0.4) is 0 Å². The van der Waals surface area contributed by atoms with Crippen LogP contribution in [-0.2, 0) is 13.0 Å². The number of alkyl halides is 3. The molecule has 0 radical (unpaired) electrons. The number of nitrogens with zero attached hydrogens (tertiary/aromatic N) is 2. The van der Waals surface area contributed by atoms with Crippen molar-refractivity contribution in [3.8, 4) is 11.5 Å². The smallest absolute Gasteiger partial charge is 0.497 e. The summed E-state index contributed by atoms with van der Waals surface area (Å²) in [4.78, 5) is 6.53. The van der Waals surface area contributed by atoms with Gasteiger partial charge in [0.1, 0.15) is 17.3 Å². The summed E-state index contributed by atoms with van der Waals surface area (Å²) in [5, 5.41) is 0. The van der Waals surface area contributed by atoms with Crippen molar-refractivity contribution in [3.63, 3.8) is 0 Å². The fourth-order valence-electron chi connectivity index (χ4n) is 3.04. The number of ether oxygens (including phenoxy) is 2. The molecule has 0 bridgehead atoms. The maximum atomic E-state index is 12.5. The molecule has 1 aromatic heterocycles. The number of aromatic nitrogens is 1. The Bertz CT molecular complexity index is 942. The van der Waals surface area contributed by atoms with E-state index >= 15 is 0 Å². The second-order valence-corrected chi connectivity index (χ2v) is 6.91. The van der Waals surface area contributed by atoms with Gasteiger partial charge in [-0.3, -0.25) is 0 Å². The molecule has 0 saturated carbocycles. The molecule has 0 aliphatic carbocycles. The Morgan fingerprint density at radius 1 is 0.933 bits per heavy atom. The summed E-state index contributed by atoms with van der Waals surface area (Å²) in [6.07, 6.45) is -2.19. The van der Waals surface area contributed by atoms with E-state index in [4.69, 9.17) is 4.74 Å². The number of benzene rings is 2. The minimum atomic E-state index is -4.72. The highest BCUT2D eigenvalue weighted by Crippen LogP contribution is 2.25. The van der Waals surface area contributed by atoms with E-state index in [0.717, 1.165) is 29.1 Å². The van der Waals surface area contributed by atoms with Gasteiger partial charge in [-0.05, 0) is 60.4 Å². The van der Waals surface area contributed by atoms with Crippen molar-refractivity contribution in [2.75, 3.05) is 18.6 Å². The lowest BCUT2D eigenvalue weighted by Gasteiger charge is -2.24. The first-order chi connectivity index (χ1) is 14.3. The third kappa shape index (κ3) is 6.40. The van der Waals surface area contributed by atoms with Gasteiger partial charge in [-0.15, -0.1) is 13.2 Å². The molecule has 0 amide bonds. The van der Waals surface area contributed by atoms with Gasteiger partial charge in [0.05, 0.1) is 7.11 Å². The zero-order chi connectivity index (χ0) is 21.6. The van der Waals surface area contributed by atoms with Gasteiger partial charge in [0.2, 0.25) is 0 Å². The minimum absolute atomic E-state index is 0.230. The number of rotatable bonds is 8. The molecule has 158 valence electrons. The van der Waals surface area contributed by atoms with Crippen LogP contribution in [-0.4, -0.2) is 25.0 Å².